The zero-order chi connectivity index (χ0) is 22.2. The van der Waals surface area contributed by atoms with E-state index in [4.69, 9.17) is 47.9 Å². The Kier molecular flexibility index (Phi) is 5.22. The van der Waals surface area contributed by atoms with Gasteiger partial charge in [-0.25, -0.2) is 0 Å². The number of ether oxygens (including phenoxy) is 4. The number of hydrogen-bond donors (Lipinski definition) is 1. The van der Waals surface area contributed by atoms with E-state index >= 15 is 0 Å². The van der Waals surface area contributed by atoms with Crippen molar-refractivity contribution in [3.63, 3.8) is 0 Å². The lowest BCUT2D eigenvalue weighted by Gasteiger charge is -2.26. The number of benzene rings is 3. The first-order chi connectivity index (χ1) is 15.5. The summed E-state index contributed by atoms with van der Waals surface area (Å²) in [5, 5.41) is 10.7. The van der Waals surface area contributed by atoms with Gasteiger partial charge in [0.2, 0.25) is 12.7 Å². The maximum Gasteiger partial charge on any atom is 0.231 e. The molecule has 3 aromatic carbocycles. The van der Waals surface area contributed by atoms with Crippen molar-refractivity contribution in [1.29, 1.82) is 5.26 Å². The highest BCUT2D eigenvalue weighted by molar-refractivity contribution is 6.42. The molecule has 0 radical (unpaired) electrons. The maximum atomic E-state index is 9.75. The molecule has 5 rings (SSSR count). The minimum Gasteiger partial charge on any atom is -0.489 e. The fourth-order valence-electron chi connectivity index (χ4n) is 3.74. The van der Waals surface area contributed by atoms with Crippen molar-refractivity contribution in [1.82, 2.24) is 0 Å². The largest absolute Gasteiger partial charge is 0.489 e. The minimum atomic E-state index is -0.401. The topological polar surface area (TPSA) is 86.7 Å². The molecule has 32 heavy (non-hydrogen) atoms. The summed E-state index contributed by atoms with van der Waals surface area (Å²) in [5.41, 5.74) is 8.95. The molecule has 0 aromatic heterocycles. The quantitative estimate of drug-likeness (QED) is 0.544. The van der Waals surface area contributed by atoms with E-state index in [2.05, 4.69) is 6.07 Å². The molecule has 2 aliphatic rings. The summed E-state index contributed by atoms with van der Waals surface area (Å²) >= 11 is 12.0. The summed E-state index contributed by atoms with van der Waals surface area (Å²) in [4.78, 5) is 0. The van der Waals surface area contributed by atoms with Crippen molar-refractivity contribution in [3.05, 3.63) is 92.8 Å². The standard InChI is InChI=1S/C24H16Cl2N2O4/c25-18-6-1-13(7-19(18)26)11-29-15-4-2-14(3-5-15)23-16-8-21-22(31-12-30-21)9-20(16)32-24(28)17(23)10-27/h1-9,23H,11-12,28H2/t23-/m0/s1. The molecule has 6 nitrogen and oxygen atoms in total. The average Bonchev–Trinajstić information content (AvgIpc) is 3.25. The third-order valence-electron chi connectivity index (χ3n) is 5.31. The Morgan fingerprint density at radius 2 is 1.72 bits per heavy atom. The van der Waals surface area contributed by atoms with Crippen molar-refractivity contribution in [3.8, 4) is 29.1 Å². The molecule has 3 aromatic rings. The molecular formula is C24H16Cl2N2O4. The van der Waals surface area contributed by atoms with Crippen molar-refractivity contribution >= 4 is 23.2 Å². The molecule has 2 heterocycles. The molecule has 2 aliphatic heterocycles. The van der Waals surface area contributed by atoms with Crippen molar-refractivity contribution < 1.29 is 18.9 Å². The van der Waals surface area contributed by atoms with Crippen LogP contribution >= 0.6 is 23.2 Å². The number of hydrogen-bond acceptors (Lipinski definition) is 6. The molecule has 0 amide bonds. The van der Waals surface area contributed by atoms with Crippen LogP contribution in [0.3, 0.4) is 0 Å². The van der Waals surface area contributed by atoms with Gasteiger partial charge in [-0.1, -0.05) is 41.4 Å². The third kappa shape index (κ3) is 3.66. The highest BCUT2D eigenvalue weighted by Gasteiger charge is 2.33. The molecule has 0 fully saturated rings. The molecule has 0 aliphatic carbocycles. The number of rotatable bonds is 4. The molecule has 0 unspecified atom stereocenters. The monoisotopic (exact) mass is 466 g/mol. The van der Waals surface area contributed by atoms with Gasteiger partial charge in [0.25, 0.3) is 0 Å². The average molecular weight is 467 g/mol. The fourth-order valence-corrected chi connectivity index (χ4v) is 4.06. The van der Waals surface area contributed by atoms with Gasteiger partial charge >= 0.3 is 0 Å². The summed E-state index contributed by atoms with van der Waals surface area (Å²) in [5.74, 6) is 2.08. The van der Waals surface area contributed by atoms with Crippen LogP contribution in [0.2, 0.25) is 10.0 Å². The Morgan fingerprint density at radius 1 is 0.969 bits per heavy atom. The molecule has 0 spiro atoms. The van der Waals surface area contributed by atoms with Crippen molar-refractivity contribution in [2.75, 3.05) is 6.79 Å². The maximum absolute atomic E-state index is 9.75. The molecule has 0 saturated carbocycles. The zero-order valence-corrected chi connectivity index (χ0v) is 18.1. The van der Waals surface area contributed by atoms with Gasteiger partial charge in [0.05, 0.1) is 16.0 Å². The Bertz CT molecular complexity index is 1280. The van der Waals surface area contributed by atoms with Crippen LogP contribution in [0, 0.1) is 11.3 Å². The number of nitrogens with two attached hydrogens (primary N) is 1. The lowest BCUT2D eigenvalue weighted by Crippen LogP contribution is -2.21. The molecule has 0 bridgehead atoms. The number of allylic oxidation sites excluding steroid dienone is 1. The second kappa shape index (κ2) is 8.19. The molecule has 1 atom stereocenters. The molecule has 2 N–H and O–H groups in total. The van der Waals surface area contributed by atoms with E-state index in [1.807, 2.05) is 36.4 Å². The minimum absolute atomic E-state index is 0.0730. The van der Waals surface area contributed by atoms with E-state index in [0.717, 1.165) is 16.7 Å². The molecule has 160 valence electrons. The molecule has 8 heteroatoms. The predicted octanol–water partition coefficient (Wildman–Crippen LogP) is 5.52. The van der Waals surface area contributed by atoms with E-state index in [0.29, 0.717) is 45.2 Å². The van der Waals surface area contributed by atoms with E-state index < -0.39 is 5.92 Å². The Hall–Kier alpha value is -3.53. The Labute approximate surface area is 194 Å². The van der Waals surface area contributed by atoms with Crippen LogP contribution < -0.4 is 24.7 Å². The van der Waals surface area contributed by atoms with Crippen molar-refractivity contribution in [2.24, 2.45) is 5.73 Å². The smallest absolute Gasteiger partial charge is 0.231 e. The lowest BCUT2D eigenvalue weighted by molar-refractivity contribution is 0.174. The SMILES string of the molecule is N#CC1=C(N)Oc2cc3c(cc2[C@@H]1c1ccc(OCc2ccc(Cl)c(Cl)c2)cc1)OCO3. The van der Waals surface area contributed by atoms with Gasteiger partial charge in [0.1, 0.15) is 29.7 Å². The van der Waals surface area contributed by atoms with E-state index in [1.54, 1.807) is 18.2 Å². The summed E-state index contributed by atoms with van der Waals surface area (Å²) in [6, 6.07) is 18.6. The highest BCUT2D eigenvalue weighted by Crippen LogP contribution is 2.48. The van der Waals surface area contributed by atoms with Gasteiger partial charge in [0, 0.05) is 11.6 Å². The first-order valence-corrected chi connectivity index (χ1v) is 10.5. The Morgan fingerprint density at radius 3 is 2.44 bits per heavy atom. The van der Waals surface area contributed by atoms with Crippen LogP contribution in [0.1, 0.15) is 22.6 Å². The predicted molar refractivity (Wildman–Crippen MR) is 119 cm³/mol. The summed E-state index contributed by atoms with van der Waals surface area (Å²) in [7, 11) is 0. The first-order valence-electron chi connectivity index (χ1n) is 9.71. The van der Waals surface area contributed by atoms with Crippen LogP contribution in [-0.4, -0.2) is 6.79 Å². The second-order valence-electron chi connectivity index (χ2n) is 7.27. The zero-order valence-electron chi connectivity index (χ0n) is 16.6. The van der Waals surface area contributed by atoms with Crippen LogP contribution in [0.25, 0.3) is 0 Å². The van der Waals surface area contributed by atoms with Gasteiger partial charge < -0.3 is 24.7 Å². The number of nitriles is 1. The first kappa shape index (κ1) is 20.4. The summed E-state index contributed by atoms with van der Waals surface area (Å²) in [6.45, 7) is 0.484. The van der Waals surface area contributed by atoms with Gasteiger partial charge in [-0.05, 0) is 41.5 Å². The highest BCUT2D eigenvalue weighted by atomic mass is 35.5. The van der Waals surface area contributed by atoms with Gasteiger partial charge in [-0.15, -0.1) is 0 Å². The van der Waals surface area contributed by atoms with Crippen LogP contribution in [0.15, 0.2) is 66.1 Å². The summed E-state index contributed by atoms with van der Waals surface area (Å²) < 4.78 is 22.5. The number of nitrogens with zero attached hydrogens (tertiary/aromatic N) is 1. The normalized spacial score (nSPS) is 16.2. The second-order valence-corrected chi connectivity index (χ2v) is 8.09. The summed E-state index contributed by atoms with van der Waals surface area (Å²) in [6.07, 6.45) is 0. The fraction of sp³-hybridized carbons (Fsp3) is 0.125. The van der Waals surface area contributed by atoms with Crippen LogP contribution in [-0.2, 0) is 6.61 Å². The van der Waals surface area contributed by atoms with E-state index in [-0.39, 0.29) is 12.7 Å². The molecule has 0 saturated heterocycles. The van der Waals surface area contributed by atoms with Gasteiger partial charge in [0.15, 0.2) is 11.5 Å². The lowest BCUT2D eigenvalue weighted by atomic mass is 9.83. The van der Waals surface area contributed by atoms with E-state index in [9.17, 15) is 5.26 Å². The van der Waals surface area contributed by atoms with Crippen LogP contribution in [0.5, 0.6) is 23.0 Å². The van der Waals surface area contributed by atoms with Crippen LogP contribution in [0.4, 0.5) is 0 Å². The van der Waals surface area contributed by atoms with Gasteiger partial charge in [-0.3, -0.25) is 0 Å². The van der Waals surface area contributed by atoms with Crippen molar-refractivity contribution in [2.45, 2.75) is 12.5 Å². The number of fused-ring (bicyclic) bond motifs is 2. The third-order valence-corrected chi connectivity index (χ3v) is 6.05. The number of halogens is 2. The Balaban J connectivity index is 1.42. The van der Waals surface area contributed by atoms with E-state index in [1.165, 1.54) is 0 Å². The molecular weight excluding hydrogens is 451 g/mol. The van der Waals surface area contributed by atoms with Gasteiger partial charge in [-0.2, -0.15) is 5.26 Å².